The molecule has 0 aliphatic carbocycles. The highest BCUT2D eigenvalue weighted by atomic mass is 16.5. The summed E-state index contributed by atoms with van der Waals surface area (Å²) in [4.78, 5) is 14.7. The van der Waals surface area contributed by atoms with Gasteiger partial charge in [0.1, 0.15) is 17.1 Å². The summed E-state index contributed by atoms with van der Waals surface area (Å²) in [5, 5.41) is 4.29. The molecule has 0 atom stereocenters. The van der Waals surface area contributed by atoms with Crippen LogP contribution in [0.25, 0.3) is 0 Å². The minimum Gasteiger partial charge on any atom is -0.361 e. The van der Waals surface area contributed by atoms with Crippen molar-refractivity contribution in [3.8, 4) is 0 Å². The van der Waals surface area contributed by atoms with Crippen molar-refractivity contribution in [3.63, 3.8) is 0 Å². The number of aryl methyl sites for hydroxylation is 3. The number of hydrogen-bond donors (Lipinski definition) is 0. The maximum atomic E-state index is 12.8. The monoisotopic (exact) mass is 338 g/mol. The molecule has 0 N–H and O–H groups in total. The van der Waals surface area contributed by atoms with E-state index < -0.39 is 0 Å². The van der Waals surface area contributed by atoms with Crippen molar-refractivity contribution in [1.29, 1.82) is 0 Å². The quantitative estimate of drug-likeness (QED) is 0.738. The van der Waals surface area contributed by atoms with Crippen LogP contribution >= 0.6 is 0 Å². The van der Waals surface area contributed by atoms with Crippen molar-refractivity contribution in [3.05, 3.63) is 64.6 Å². The van der Waals surface area contributed by atoms with E-state index in [1.807, 2.05) is 34.8 Å². The third-order valence-corrected chi connectivity index (χ3v) is 5.08. The van der Waals surface area contributed by atoms with Crippen molar-refractivity contribution in [2.24, 2.45) is 7.05 Å². The molecule has 130 valence electrons. The summed E-state index contributed by atoms with van der Waals surface area (Å²) in [5.74, 6) is 0.965. The molecule has 4 rings (SSSR count). The predicted octanol–water partition coefficient (Wildman–Crippen LogP) is 2.68. The van der Waals surface area contributed by atoms with E-state index in [0.717, 1.165) is 17.0 Å². The summed E-state index contributed by atoms with van der Waals surface area (Å²) in [5.41, 5.74) is 5.07. The van der Waals surface area contributed by atoms with Crippen LogP contribution in [0.2, 0.25) is 0 Å². The number of fused-ring (bicyclic) bond motifs is 1. The van der Waals surface area contributed by atoms with Crippen molar-refractivity contribution >= 4 is 5.91 Å². The molecular weight excluding hydrogens is 316 g/mol. The summed E-state index contributed by atoms with van der Waals surface area (Å²) < 4.78 is 9.63. The van der Waals surface area contributed by atoms with Gasteiger partial charge in [-0.05, 0) is 38.1 Å². The standard InChI is InChI=1S/C19H22N4O2/c1-13-6-7-14(2)23(13)12-16-15-11-22(10-8-18(15)25-20-16)19(24)17-5-4-9-21(17)3/h4-7,9H,8,10-12H2,1-3H3. The Morgan fingerprint density at radius 1 is 1.24 bits per heavy atom. The van der Waals surface area contributed by atoms with E-state index in [4.69, 9.17) is 4.52 Å². The van der Waals surface area contributed by atoms with Gasteiger partial charge in [-0.1, -0.05) is 5.16 Å². The summed E-state index contributed by atoms with van der Waals surface area (Å²) in [6, 6.07) is 7.96. The Hall–Kier alpha value is -2.76. The molecule has 6 nitrogen and oxygen atoms in total. The minimum atomic E-state index is 0.0543. The average molecular weight is 338 g/mol. The van der Waals surface area contributed by atoms with E-state index >= 15 is 0 Å². The van der Waals surface area contributed by atoms with Gasteiger partial charge in [-0.25, -0.2) is 0 Å². The number of amides is 1. The first-order valence-corrected chi connectivity index (χ1v) is 8.54. The molecule has 6 heteroatoms. The van der Waals surface area contributed by atoms with E-state index in [1.165, 1.54) is 11.4 Å². The van der Waals surface area contributed by atoms with Crippen molar-refractivity contribution < 1.29 is 9.32 Å². The fraction of sp³-hybridized carbons (Fsp3) is 0.368. The number of nitrogens with zero attached hydrogens (tertiary/aromatic N) is 4. The van der Waals surface area contributed by atoms with Crippen LogP contribution in [0.4, 0.5) is 0 Å². The molecule has 0 aromatic carbocycles. The van der Waals surface area contributed by atoms with Crippen LogP contribution in [-0.2, 0) is 26.6 Å². The van der Waals surface area contributed by atoms with Crippen LogP contribution in [0.15, 0.2) is 35.0 Å². The van der Waals surface area contributed by atoms with Gasteiger partial charge in [0.2, 0.25) is 0 Å². The van der Waals surface area contributed by atoms with Gasteiger partial charge < -0.3 is 18.6 Å². The van der Waals surface area contributed by atoms with Crippen LogP contribution in [0.1, 0.15) is 38.9 Å². The minimum absolute atomic E-state index is 0.0543. The Labute approximate surface area is 146 Å². The third kappa shape index (κ3) is 2.67. The number of aromatic nitrogens is 3. The van der Waals surface area contributed by atoms with Gasteiger partial charge in [-0.3, -0.25) is 4.79 Å². The van der Waals surface area contributed by atoms with Gasteiger partial charge >= 0.3 is 0 Å². The lowest BCUT2D eigenvalue weighted by atomic mass is 10.1. The average Bonchev–Trinajstić information content (AvgIpc) is 3.29. The molecule has 1 amide bonds. The second-order valence-corrected chi connectivity index (χ2v) is 6.71. The summed E-state index contributed by atoms with van der Waals surface area (Å²) >= 11 is 0. The van der Waals surface area contributed by atoms with E-state index in [-0.39, 0.29) is 5.91 Å². The molecule has 0 radical (unpaired) electrons. The summed E-state index contributed by atoms with van der Waals surface area (Å²) in [6.07, 6.45) is 2.60. The summed E-state index contributed by atoms with van der Waals surface area (Å²) in [6.45, 7) is 6.07. The molecule has 0 unspecified atom stereocenters. The molecule has 0 saturated heterocycles. The van der Waals surface area contributed by atoms with Gasteiger partial charge in [-0.2, -0.15) is 0 Å². The lowest BCUT2D eigenvalue weighted by molar-refractivity contribution is 0.0719. The largest absolute Gasteiger partial charge is 0.361 e. The maximum absolute atomic E-state index is 12.8. The molecule has 1 aliphatic heterocycles. The van der Waals surface area contributed by atoms with Crippen molar-refractivity contribution in [2.75, 3.05) is 6.54 Å². The SMILES string of the molecule is Cc1ccc(C)n1Cc1noc2c1CN(C(=O)c1cccn1C)CC2. The van der Waals surface area contributed by atoms with Gasteiger partial charge in [-0.15, -0.1) is 0 Å². The highest BCUT2D eigenvalue weighted by Crippen LogP contribution is 2.25. The Bertz CT molecular complexity index is 912. The molecule has 0 saturated carbocycles. The highest BCUT2D eigenvalue weighted by Gasteiger charge is 2.28. The zero-order chi connectivity index (χ0) is 17.6. The number of carbonyl (C=O) groups is 1. The van der Waals surface area contributed by atoms with Crippen LogP contribution in [-0.4, -0.2) is 31.6 Å². The first-order chi connectivity index (χ1) is 12.0. The Morgan fingerprint density at radius 3 is 2.68 bits per heavy atom. The zero-order valence-electron chi connectivity index (χ0n) is 14.8. The third-order valence-electron chi connectivity index (χ3n) is 5.08. The van der Waals surface area contributed by atoms with E-state index in [9.17, 15) is 4.79 Å². The normalized spacial score (nSPS) is 14.0. The molecule has 0 bridgehead atoms. The Morgan fingerprint density at radius 2 is 2.00 bits per heavy atom. The number of carbonyl (C=O) groups excluding carboxylic acids is 1. The molecule has 3 aromatic heterocycles. The maximum Gasteiger partial charge on any atom is 0.270 e. The van der Waals surface area contributed by atoms with Crippen LogP contribution in [0.3, 0.4) is 0 Å². The second kappa shape index (κ2) is 5.95. The highest BCUT2D eigenvalue weighted by molar-refractivity contribution is 5.92. The van der Waals surface area contributed by atoms with Crippen LogP contribution in [0.5, 0.6) is 0 Å². The smallest absolute Gasteiger partial charge is 0.270 e. The molecule has 4 heterocycles. The fourth-order valence-corrected chi connectivity index (χ4v) is 3.51. The molecular formula is C19H22N4O2. The predicted molar refractivity (Wildman–Crippen MR) is 93.4 cm³/mol. The number of hydrogen-bond acceptors (Lipinski definition) is 3. The topological polar surface area (TPSA) is 56.2 Å². The molecule has 3 aromatic rings. The number of rotatable bonds is 3. The van der Waals surface area contributed by atoms with Gasteiger partial charge in [0.05, 0.1) is 13.1 Å². The van der Waals surface area contributed by atoms with Crippen molar-refractivity contribution in [1.82, 2.24) is 19.2 Å². The Kier molecular flexibility index (Phi) is 3.75. The van der Waals surface area contributed by atoms with Gasteiger partial charge in [0.25, 0.3) is 5.91 Å². The van der Waals surface area contributed by atoms with E-state index in [0.29, 0.717) is 31.7 Å². The Balaban J connectivity index is 1.60. The first-order valence-electron chi connectivity index (χ1n) is 8.54. The van der Waals surface area contributed by atoms with Gasteiger partial charge in [0.15, 0.2) is 0 Å². The molecule has 25 heavy (non-hydrogen) atoms. The second-order valence-electron chi connectivity index (χ2n) is 6.71. The van der Waals surface area contributed by atoms with Crippen molar-refractivity contribution in [2.45, 2.75) is 33.4 Å². The molecule has 0 fully saturated rings. The van der Waals surface area contributed by atoms with Gasteiger partial charge in [0, 0.05) is 43.2 Å². The van der Waals surface area contributed by atoms with E-state index in [1.54, 1.807) is 0 Å². The van der Waals surface area contributed by atoms with E-state index in [2.05, 4.69) is 35.7 Å². The molecule has 1 aliphatic rings. The fourth-order valence-electron chi connectivity index (χ4n) is 3.51. The lowest BCUT2D eigenvalue weighted by Crippen LogP contribution is -2.36. The lowest BCUT2D eigenvalue weighted by Gasteiger charge is -2.26. The summed E-state index contributed by atoms with van der Waals surface area (Å²) in [7, 11) is 1.89. The van der Waals surface area contributed by atoms with Crippen LogP contribution < -0.4 is 0 Å². The zero-order valence-corrected chi connectivity index (χ0v) is 14.8. The van der Waals surface area contributed by atoms with Crippen LogP contribution in [0, 0.1) is 13.8 Å². The molecule has 0 spiro atoms. The first kappa shape index (κ1) is 15.7.